The average molecular weight is 387 g/mol. The molecule has 0 N–H and O–H groups in total. The Kier molecular flexibility index (Phi) is 5.34. The summed E-state index contributed by atoms with van der Waals surface area (Å²) in [7, 11) is -3.42. The van der Waals surface area contributed by atoms with E-state index in [0.29, 0.717) is 21.1 Å². The molecule has 1 aromatic heterocycles. The zero-order valence-corrected chi connectivity index (χ0v) is 14.7. The molecule has 1 fully saturated rings. The number of rotatable bonds is 5. The highest BCUT2D eigenvalue weighted by molar-refractivity contribution is 9.11. The zero-order valence-electron chi connectivity index (χ0n) is 10.7. The third kappa shape index (κ3) is 3.18. The molecule has 0 amide bonds. The Bertz CT molecular complexity index is 538. The summed E-state index contributed by atoms with van der Waals surface area (Å²) in [5.41, 5.74) is 0. The molecule has 0 aromatic carbocycles. The van der Waals surface area contributed by atoms with Gasteiger partial charge < -0.3 is 0 Å². The van der Waals surface area contributed by atoms with Gasteiger partial charge in [0.25, 0.3) is 0 Å². The molecular weight excluding hydrogens is 370 g/mol. The van der Waals surface area contributed by atoms with Gasteiger partial charge >= 0.3 is 0 Å². The van der Waals surface area contributed by atoms with Crippen LogP contribution in [0, 0.1) is 0 Å². The molecule has 108 valence electrons. The number of sulfonamides is 1. The molecule has 0 aliphatic heterocycles. The fraction of sp³-hybridized carbons (Fsp3) is 0.667. The SMILES string of the molecule is CCN(C1CCCC1)S(=O)(=O)c1cc(CCl)sc1Br. The summed E-state index contributed by atoms with van der Waals surface area (Å²) in [6.07, 6.45) is 4.18. The topological polar surface area (TPSA) is 37.4 Å². The number of halogens is 2. The molecule has 7 heteroatoms. The van der Waals surface area contributed by atoms with Crippen LogP contribution < -0.4 is 0 Å². The van der Waals surface area contributed by atoms with Gasteiger partial charge in [0.1, 0.15) is 4.90 Å². The largest absolute Gasteiger partial charge is 0.245 e. The minimum atomic E-state index is -3.42. The van der Waals surface area contributed by atoms with Gasteiger partial charge in [-0.3, -0.25) is 0 Å². The maximum Gasteiger partial charge on any atom is 0.245 e. The summed E-state index contributed by atoms with van der Waals surface area (Å²) in [5.74, 6) is 0.342. The molecular formula is C12H17BrClNO2S2. The molecule has 1 aliphatic rings. The lowest BCUT2D eigenvalue weighted by Gasteiger charge is -2.26. The highest BCUT2D eigenvalue weighted by Crippen LogP contribution is 2.36. The van der Waals surface area contributed by atoms with E-state index < -0.39 is 10.0 Å². The molecule has 1 aromatic rings. The minimum absolute atomic E-state index is 0.154. The zero-order chi connectivity index (χ0) is 14.0. The van der Waals surface area contributed by atoms with Crippen molar-refractivity contribution in [3.63, 3.8) is 0 Å². The summed E-state index contributed by atoms with van der Waals surface area (Å²) in [5, 5.41) is 0. The lowest BCUT2D eigenvalue weighted by atomic mass is 10.2. The average Bonchev–Trinajstić information content (AvgIpc) is 2.99. The molecule has 3 nitrogen and oxygen atoms in total. The van der Waals surface area contributed by atoms with E-state index in [9.17, 15) is 8.42 Å². The van der Waals surface area contributed by atoms with Gasteiger partial charge in [0.15, 0.2) is 0 Å². The number of nitrogens with zero attached hydrogens (tertiary/aromatic N) is 1. The molecule has 0 spiro atoms. The summed E-state index contributed by atoms with van der Waals surface area (Å²) >= 11 is 10.5. The maximum atomic E-state index is 12.8. The van der Waals surface area contributed by atoms with Crippen molar-refractivity contribution in [1.82, 2.24) is 4.31 Å². The quantitative estimate of drug-likeness (QED) is 0.711. The van der Waals surface area contributed by atoms with Crippen molar-refractivity contribution in [2.45, 2.75) is 49.4 Å². The first kappa shape index (κ1) is 15.8. The van der Waals surface area contributed by atoms with E-state index in [1.807, 2.05) is 6.92 Å². The van der Waals surface area contributed by atoms with Crippen molar-refractivity contribution in [3.8, 4) is 0 Å². The first-order valence-corrected chi connectivity index (χ1v) is 9.95. The summed E-state index contributed by atoms with van der Waals surface area (Å²) in [4.78, 5) is 1.23. The third-order valence-corrected chi connectivity index (χ3v) is 8.19. The Morgan fingerprint density at radius 1 is 1.47 bits per heavy atom. The molecule has 0 bridgehead atoms. The van der Waals surface area contributed by atoms with Gasteiger partial charge in [0.05, 0.1) is 9.67 Å². The number of hydrogen-bond donors (Lipinski definition) is 0. The lowest BCUT2D eigenvalue weighted by Crippen LogP contribution is -2.38. The van der Waals surface area contributed by atoms with Crippen molar-refractivity contribution in [2.75, 3.05) is 6.54 Å². The van der Waals surface area contributed by atoms with Gasteiger partial charge in [0, 0.05) is 17.5 Å². The normalized spacial score (nSPS) is 17.5. The molecule has 1 saturated carbocycles. The van der Waals surface area contributed by atoms with Gasteiger partial charge in [-0.25, -0.2) is 8.42 Å². The van der Waals surface area contributed by atoms with Crippen LogP contribution in [0.15, 0.2) is 14.7 Å². The van der Waals surface area contributed by atoms with E-state index in [0.717, 1.165) is 30.6 Å². The molecule has 0 unspecified atom stereocenters. The van der Waals surface area contributed by atoms with E-state index >= 15 is 0 Å². The monoisotopic (exact) mass is 385 g/mol. The smallest absolute Gasteiger partial charge is 0.207 e. The highest BCUT2D eigenvalue weighted by atomic mass is 79.9. The van der Waals surface area contributed by atoms with Gasteiger partial charge in [-0.05, 0) is 34.8 Å². The Morgan fingerprint density at radius 2 is 2.11 bits per heavy atom. The Hall–Kier alpha value is 0.380. The van der Waals surface area contributed by atoms with Gasteiger partial charge in [-0.15, -0.1) is 22.9 Å². The predicted octanol–water partition coefficient (Wildman–Crippen LogP) is 4.20. The molecule has 2 rings (SSSR count). The third-order valence-electron chi connectivity index (χ3n) is 3.47. The van der Waals surface area contributed by atoms with Crippen LogP contribution in [-0.4, -0.2) is 25.3 Å². The van der Waals surface area contributed by atoms with Crippen molar-refractivity contribution < 1.29 is 8.42 Å². The van der Waals surface area contributed by atoms with Crippen LogP contribution >= 0.6 is 38.9 Å². The van der Waals surface area contributed by atoms with E-state index in [4.69, 9.17) is 11.6 Å². The van der Waals surface area contributed by atoms with Crippen molar-refractivity contribution in [1.29, 1.82) is 0 Å². The first-order chi connectivity index (χ1) is 9.00. The molecule has 1 aliphatic carbocycles. The van der Waals surface area contributed by atoms with Crippen molar-refractivity contribution >= 4 is 48.9 Å². The second kappa shape index (κ2) is 6.43. The summed E-state index contributed by atoms with van der Waals surface area (Å²) in [6.45, 7) is 2.42. The molecule has 0 radical (unpaired) electrons. The van der Waals surface area contributed by atoms with Crippen molar-refractivity contribution in [2.24, 2.45) is 0 Å². The van der Waals surface area contributed by atoms with Crippen LogP contribution in [0.1, 0.15) is 37.5 Å². The van der Waals surface area contributed by atoms with E-state index in [1.54, 1.807) is 10.4 Å². The lowest BCUT2D eigenvalue weighted by molar-refractivity contribution is 0.335. The Labute approximate surface area is 132 Å². The number of hydrogen-bond acceptors (Lipinski definition) is 3. The minimum Gasteiger partial charge on any atom is -0.207 e. The molecule has 0 saturated heterocycles. The van der Waals surface area contributed by atoms with Gasteiger partial charge in [0.2, 0.25) is 10.0 Å². The van der Waals surface area contributed by atoms with E-state index in [1.165, 1.54) is 11.3 Å². The molecule has 19 heavy (non-hydrogen) atoms. The van der Waals surface area contributed by atoms with Crippen LogP contribution in [0.5, 0.6) is 0 Å². The molecule has 0 atom stereocenters. The fourth-order valence-electron chi connectivity index (χ4n) is 2.58. The summed E-state index contributed by atoms with van der Waals surface area (Å²) in [6, 6.07) is 1.84. The van der Waals surface area contributed by atoms with Gasteiger partial charge in [-0.1, -0.05) is 19.8 Å². The number of thiophene rings is 1. The predicted molar refractivity (Wildman–Crippen MR) is 83.4 cm³/mol. The summed E-state index contributed by atoms with van der Waals surface area (Å²) < 4.78 is 27.8. The van der Waals surface area contributed by atoms with E-state index in [2.05, 4.69) is 15.9 Å². The standard InChI is InChI=1S/C12H17BrClNO2S2/c1-2-15(9-5-3-4-6-9)19(16,17)11-7-10(8-14)18-12(11)13/h7,9H,2-6,8H2,1H3. The Balaban J connectivity index is 2.36. The fourth-order valence-corrected chi connectivity index (χ4v) is 7.00. The molecule has 1 heterocycles. The van der Waals surface area contributed by atoms with Crippen molar-refractivity contribution in [3.05, 3.63) is 14.7 Å². The second-order valence-electron chi connectivity index (χ2n) is 4.63. The van der Waals surface area contributed by atoms with Crippen LogP contribution in [0.2, 0.25) is 0 Å². The van der Waals surface area contributed by atoms with Crippen LogP contribution in [0.3, 0.4) is 0 Å². The highest BCUT2D eigenvalue weighted by Gasteiger charge is 2.34. The van der Waals surface area contributed by atoms with E-state index in [-0.39, 0.29) is 6.04 Å². The second-order valence-corrected chi connectivity index (χ2v) is 9.21. The van der Waals surface area contributed by atoms with Crippen LogP contribution in [0.25, 0.3) is 0 Å². The van der Waals surface area contributed by atoms with Gasteiger partial charge in [-0.2, -0.15) is 4.31 Å². The first-order valence-electron chi connectivity index (χ1n) is 6.36. The van der Waals surface area contributed by atoms with Crippen LogP contribution in [0.4, 0.5) is 0 Å². The Morgan fingerprint density at radius 3 is 2.58 bits per heavy atom. The van der Waals surface area contributed by atoms with Crippen LogP contribution in [-0.2, 0) is 15.9 Å². The maximum absolute atomic E-state index is 12.8. The number of alkyl halides is 1.